The topological polar surface area (TPSA) is 50.4 Å². The van der Waals surface area contributed by atoms with Crippen molar-refractivity contribution < 1.29 is 9.52 Å². The van der Waals surface area contributed by atoms with Crippen molar-refractivity contribution in [2.24, 2.45) is 17.8 Å². The van der Waals surface area contributed by atoms with Crippen LogP contribution in [-0.2, 0) is 0 Å². The first-order valence-corrected chi connectivity index (χ1v) is 7.60. The van der Waals surface area contributed by atoms with Gasteiger partial charge in [-0.1, -0.05) is 31.9 Å². The van der Waals surface area contributed by atoms with Crippen molar-refractivity contribution in [2.75, 3.05) is 0 Å². The highest BCUT2D eigenvalue weighted by Gasteiger charge is 2.38. The van der Waals surface area contributed by atoms with Crippen molar-refractivity contribution >= 4 is 0 Å². The zero-order chi connectivity index (χ0) is 14.3. The summed E-state index contributed by atoms with van der Waals surface area (Å²) in [4.78, 5) is 11.8. The highest BCUT2D eigenvalue weighted by atomic mass is 16.4. The molecule has 1 aromatic rings. The van der Waals surface area contributed by atoms with Gasteiger partial charge in [0.1, 0.15) is 11.5 Å². The van der Waals surface area contributed by atoms with Gasteiger partial charge in [-0.2, -0.15) is 0 Å². The van der Waals surface area contributed by atoms with Gasteiger partial charge in [0.2, 0.25) is 0 Å². The van der Waals surface area contributed by atoms with Crippen molar-refractivity contribution in [1.29, 1.82) is 0 Å². The van der Waals surface area contributed by atoms with E-state index >= 15 is 0 Å². The third-order valence-corrected chi connectivity index (χ3v) is 5.07. The maximum absolute atomic E-state index is 11.8. The summed E-state index contributed by atoms with van der Waals surface area (Å²) in [5.74, 6) is 2.41. The molecule has 3 rings (SSSR count). The summed E-state index contributed by atoms with van der Waals surface area (Å²) in [6.07, 6.45) is 9.54. The van der Waals surface area contributed by atoms with Crippen LogP contribution in [-0.4, -0.2) is 5.11 Å². The lowest BCUT2D eigenvalue weighted by atomic mass is 9.64. The molecule has 20 heavy (non-hydrogen) atoms. The smallest absolute Gasteiger partial charge is 0.342 e. The average molecular weight is 274 g/mol. The highest BCUT2D eigenvalue weighted by Crippen LogP contribution is 2.47. The van der Waals surface area contributed by atoms with Crippen molar-refractivity contribution in [1.82, 2.24) is 0 Å². The van der Waals surface area contributed by atoms with E-state index in [1.807, 2.05) is 0 Å². The summed E-state index contributed by atoms with van der Waals surface area (Å²) < 4.78 is 5.50. The lowest BCUT2D eigenvalue weighted by molar-refractivity contribution is 0.178. The van der Waals surface area contributed by atoms with Gasteiger partial charge in [-0.25, -0.2) is 4.79 Å². The fraction of sp³-hybridized carbons (Fsp3) is 0.588. The van der Waals surface area contributed by atoms with Crippen LogP contribution in [0.25, 0.3) is 0 Å². The summed E-state index contributed by atoms with van der Waals surface area (Å²) >= 11 is 0. The van der Waals surface area contributed by atoms with Crippen LogP contribution in [0.3, 0.4) is 0 Å². The Morgan fingerprint density at radius 1 is 1.25 bits per heavy atom. The van der Waals surface area contributed by atoms with E-state index in [1.165, 1.54) is 25.7 Å². The number of hydrogen-bond donors (Lipinski definition) is 1. The minimum Gasteiger partial charge on any atom is -0.507 e. The first-order chi connectivity index (χ1) is 9.58. The number of rotatable bonds is 1. The van der Waals surface area contributed by atoms with E-state index < -0.39 is 5.63 Å². The lowest BCUT2D eigenvalue weighted by Gasteiger charge is -2.40. The molecule has 3 nitrogen and oxygen atoms in total. The molecule has 0 aromatic carbocycles. The van der Waals surface area contributed by atoms with E-state index in [4.69, 9.17) is 4.42 Å². The molecule has 0 bridgehead atoms. The molecule has 1 aromatic heterocycles. The Hall–Kier alpha value is -1.51. The fourth-order valence-electron chi connectivity index (χ4n) is 3.90. The fourth-order valence-corrected chi connectivity index (χ4v) is 3.90. The SMILES string of the molecule is Cc1c(O)cc(C2C(C)C=CC3CCCCC32)oc1=O. The third-order valence-electron chi connectivity index (χ3n) is 5.07. The van der Waals surface area contributed by atoms with Crippen LogP contribution < -0.4 is 5.63 Å². The quantitative estimate of drug-likeness (QED) is 0.793. The van der Waals surface area contributed by atoms with E-state index in [1.54, 1.807) is 13.0 Å². The minimum atomic E-state index is -0.408. The molecule has 1 fully saturated rings. The van der Waals surface area contributed by atoms with Gasteiger partial charge in [0.05, 0.1) is 5.56 Å². The van der Waals surface area contributed by atoms with E-state index in [0.717, 1.165) is 0 Å². The average Bonchev–Trinajstić information content (AvgIpc) is 2.44. The van der Waals surface area contributed by atoms with Crippen molar-refractivity contribution in [3.63, 3.8) is 0 Å². The van der Waals surface area contributed by atoms with Crippen LogP contribution in [0.15, 0.2) is 27.4 Å². The number of aromatic hydroxyl groups is 1. The molecule has 0 saturated heterocycles. The number of hydrogen-bond acceptors (Lipinski definition) is 3. The monoisotopic (exact) mass is 274 g/mol. The summed E-state index contributed by atoms with van der Waals surface area (Å²) in [6, 6.07) is 1.66. The number of allylic oxidation sites excluding steroid dienone is 2. The molecule has 4 unspecified atom stereocenters. The normalized spacial score (nSPS) is 32.9. The second-order valence-electron chi connectivity index (χ2n) is 6.33. The van der Waals surface area contributed by atoms with Gasteiger partial charge in [-0.15, -0.1) is 0 Å². The van der Waals surface area contributed by atoms with Gasteiger partial charge in [-0.3, -0.25) is 0 Å². The van der Waals surface area contributed by atoms with Crippen molar-refractivity contribution in [3.05, 3.63) is 40.0 Å². The maximum Gasteiger partial charge on any atom is 0.342 e. The van der Waals surface area contributed by atoms with Gasteiger partial charge >= 0.3 is 5.63 Å². The summed E-state index contributed by atoms with van der Waals surface area (Å²) in [5, 5.41) is 9.92. The van der Waals surface area contributed by atoms with Crippen LogP contribution in [0.5, 0.6) is 5.75 Å². The van der Waals surface area contributed by atoms with Crippen LogP contribution in [0.1, 0.15) is 49.8 Å². The van der Waals surface area contributed by atoms with Gasteiger partial charge in [0, 0.05) is 12.0 Å². The predicted octanol–water partition coefficient (Wildman–Crippen LogP) is 3.75. The Labute approximate surface area is 119 Å². The largest absolute Gasteiger partial charge is 0.507 e. The van der Waals surface area contributed by atoms with E-state index in [9.17, 15) is 9.90 Å². The summed E-state index contributed by atoms with van der Waals surface area (Å²) in [7, 11) is 0. The van der Waals surface area contributed by atoms with Gasteiger partial charge < -0.3 is 9.52 Å². The molecule has 0 radical (unpaired) electrons. The van der Waals surface area contributed by atoms with Crippen LogP contribution in [0, 0.1) is 24.7 Å². The van der Waals surface area contributed by atoms with Gasteiger partial charge in [-0.05, 0) is 37.5 Å². The lowest BCUT2D eigenvalue weighted by Crippen LogP contribution is -2.31. The Kier molecular flexibility index (Phi) is 3.45. The van der Waals surface area contributed by atoms with Crippen molar-refractivity contribution in [3.8, 4) is 5.75 Å². The molecule has 4 atom stereocenters. The molecule has 1 N–H and O–H groups in total. The standard InChI is InChI=1S/C17H22O3/c1-10-7-8-12-5-3-4-6-13(12)16(10)15-9-14(18)11(2)17(19)20-15/h7-10,12-13,16,18H,3-6H2,1-2H3. The molecule has 0 aliphatic heterocycles. The summed E-state index contributed by atoms with van der Waals surface area (Å²) in [5.41, 5.74) is -0.109. The van der Waals surface area contributed by atoms with Crippen LogP contribution in [0.4, 0.5) is 0 Å². The van der Waals surface area contributed by atoms with Crippen LogP contribution >= 0.6 is 0 Å². The third kappa shape index (κ3) is 2.19. The molecule has 3 heteroatoms. The van der Waals surface area contributed by atoms with Crippen molar-refractivity contribution in [2.45, 2.75) is 45.4 Å². The van der Waals surface area contributed by atoms with E-state index in [2.05, 4.69) is 19.1 Å². The molecule has 1 saturated carbocycles. The first-order valence-electron chi connectivity index (χ1n) is 7.60. The highest BCUT2D eigenvalue weighted by molar-refractivity contribution is 5.31. The second kappa shape index (κ2) is 5.12. The molecular weight excluding hydrogens is 252 g/mol. The Morgan fingerprint density at radius 2 is 2.00 bits per heavy atom. The molecule has 0 spiro atoms. The molecule has 108 valence electrons. The molecular formula is C17H22O3. The summed E-state index contributed by atoms with van der Waals surface area (Å²) in [6.45, 7) is 3.77. The molecule has 0 amide bonds. The molecule has 2 aliphatic carbocycles. The maximum atomic E-state index is 11.8. The van der Waals surface area contributed by atoms with E-state index in [0.29, 0.717) is 29.1 Å². The van der Waals surface area contributed by atoms with Crippen LogP contribution in [0.2, 0.25) is 0 Å². The van der Waals surface area contributed by atoms with E-state index in [-0.39, 0.29) is 11.7 Å². The van der Waals surface area contributed by atoms with Gasteiger partial charge in [0.25, 0.3) is 0 Å². The Morgan fingerprint density at radius 3 is 2.75 bits per heavy atom. The zero-order valence-electron chi connectivity index (χ0n) is 12.1. The zero-order valence-corrected chi connectivity index (χ0v) is 12.1. The Bertz CT molecular complexity index is 584. The molecule has 2 aliphatic rings. The Balaban J connectivity index is 2.03. The first kappa shape index (κ1) is 13.5. The minimum absolute atomic E-state index is 0.0605. The van der Waals surface area contributed by atoms with Gasteiger partial charge in [0.15, 0.2) is 0 Å². The second-order valence-corrected chi connectivity index (χ2v) is 6.33. The molecule has 1 heterocycles. The number of fused-ring (bicyclic) bond motifs is 1. The predicted molar refractivity (Wildman–Crippen MR) is 77.9 cm³/mol.